The third-order valence-corrected chi connectivity index (χ3v) is 3.53. The fraction of sp³-hybridized carbons (Fsp3) is 0.111. The van der Waals surface area contributed by atoms with Crippen molar-refractivity contribution in [3.63, 3.8) is 0 Å². The Balaban J connectivity index is 0.000000174. The van der Waals surface area contributed by atoms with Gasteiger partial charge in [-0.25, -0.2) is 9.59 Å². The number of benzene rings is 2. The van der Waals surface area contributed by atoms with E-state index in [2.05, 4.69) is 47.4 Å². The van der Waals surface area contributed by atoms with Gasteiger partial charge in [-0.15, -0.1) is 0 Å². The fourth-order valence-electron chi connectivity index (χ4n) is 2.22. The smallest absolute Gasteiger partial charge is 0.335 e. The third kappa shape index (κ3) is 3.92. The van der Waals surface area contributed by atoms with Gasteiger partial charge in [0.15, 0.2) is 0 Å². The number of aromatic nitrogens is 1. The highest BCUT2D eigenvalue weighted by Crippen LogP contribution is 2.18. The summed E-state index contributed by atoms with van der Waals surface area (Å²) in [5, 5.41) is 21.4. The second-order valence-corrected chi connectivity index (χ2v) is 5.14. The van der Waals surface area contributed by atoms with Crippen molar-refractivity contribution in [1.29, 1.82) is 0 Å². The van der Waals surface area contributed by atoms with E-state index in [1.165, 1.54) is 29.1 Å². The van der Waals surface area contributed by atoms with Crippen LogP contribution < -0.4 is 5.32 Å². The van der Waals surface area contributed by atoms with Gasteiger partial charge in [-0.2, -0.15) is 0 Å². The first-order valence-corrected chi connectivity index (χ1v) is 7.22. The summed E-state index contributed by atoms with van der Waals surface area (Å²) in [5.41, 5.74) is 2.40. The Labute approximate surface area is 139 Å². The molecule has 0 spiro atoms. The maximum atomic E-state index is 10.4. The first kappa shape index (κ1) is 17.1. The van der Waals surface area contributed by atoms with E-state index in [0.717, 1.165) is 11.8 Å². The van der Waals surface area contributed by atoms with Crippen molar-refractivity contribution in [2.24, 2.45) is 7.05 Å². The molecule has 0 unspecified atom stereocenters. The number of carboxylic acids is 2. The van der Waals surface area contributed by atoms with Crippen LogP contribution in [0.1, 0.15) is 20.7 Å². The molecule has 1 heterocycles. The molecule has 0 aliphatic heterocycles. The Morgan fingerprint density at radius 3 is 2.12 bits per heavy atom. The van der Waals surface area contributed by atoms with Gasteiger partial charge in [0.1, 0.15) is 0 Å². The van der Waals surface area contributed by atoms with E-state index in [4.69, 9.17) is 10.2 Å². The van der Waals surface area contributed by atoms with Gasteiger partial charge in [0, 0.05) is 36.9 Å². The summed E-state index contributed by atoms with van der Waals surface area (Å²) < 4.78 is 2.12. The molecule has 0 saturated heterocycles. The van der Waals surface area contributed by atoms with Gasteiger partial charge < -0.3 is 20.1 Å². The lowest BCUT2D eigenvalue weighted by molar-refractivity contribution is 0.0696. The van der Waals surface area contributed by atoms with Crippen LogP contribution in [-0.4, -0.2) is 33.8 Å². The van der Waals surface area contributed by atoms with Crippen LogP contribution in [0, 0.1) is 0 Å². The van der Waals surface area contributed by atoms with Gasteiger partial charge in [-0.3, -0.25) is 0 Å². The molecule has 0 aliphatic rings. The fourth-order valence-corrected chi connectivity index (χ4v) is 2.22. The Hall–Kier alpha value is -3.28. The van der Waals surface area contributed by atoms with Crippen LogP contribution in [0.15, 0.2) is 54.7 Å². The van der Waals surface area contributed by atoms with Crippen molar-refractivity contribution in [2.45, 2.75) is 0 Å². The van der Waals surface area contributed by atoms with E-state index in [1.807, 2.05) is 7.05 Å². The van der Waals surface area contributed by atoms with Crippen LogP contribution in [0.25, 0.3) is 10.9 Å². The minimum absolute atomic E-state index is 0.0186. The van der Waals surface area contributed by atoms with Crippen molar-refractivity contribution >= 4 is 28.5 Å². The molecule has 24 heavy (non-hydrogen) atoms. The van der Waals surface area contributed by atoms with Crippen molar-refractivity contribution < 1.29 is 19.8 Å². The quantitative estimate of drug-likeness (QED) is 0.687. The maximum Gasteiger partial charge on any atom is 0.335 e. The molecule has 3 aromatic rings. The molecular weight excluding hydrogens is 308 g/mol. The number of carbonyl (C=O) groups is 2. The molecule has 124 valence electrons. The second kappa shape index (κ2) is 7.32. The summed E-state index contributed by atoms with van der Waals surface area (Å²) in [6.07, 6.45) is 2.07. The van der Waals surface area contributed by atoms with Crippen molar-refractivity contribution in [3.8, 4) is 0 Å². The highest BCUT2D eigenvalue weighted by molar-refractivity contribution is 5.93. The first-order chi connectivity index (χ1) is 11.4. The first-order valence-electron chi connectivity index (χ1n) is 7.22. The Bertz CT molecular complexity index is 854. The van der Waals surface area contributed by atoms with Crippen LogP contribution in [0.3, 0.4) is 0 Å². The number of aromatic carboxylic acids is 2. The van der Waals surface area contributed by atoms with Gasteiger partial charge in [0.05, 0.1) is 11.1 Å². The normalized spacial score (nSPS) is 9.92. The average molecular weight is 326 g/mol. The van der Waals surface area contributed by atoms with Gasteiger partial charge in [0.2, 0.25) is 0 Å². The lowest BCUT2D eigenvalue weighted by Gasteiger charge is -2.00. The molecule has 2 aromatic carbocycles. The van der Waals surface area contributed by atoms with Crippen LogP contribution in [0.5, 0.6) is 0 Å². The Kier molecular flexibility index (Phi) is 5.21. The molecule has 0 atom stereocenters. The van der Waals surface area contributed by atoms with E-state index in [-0.39, 0.29) is 11.1 Å². The van der Waals surface area contributed by atoms with Gasteiger partial charge in [0.25, 0.3) is 0 Å². The zero-order chi connectivity index (χ0) is 17.7. The summed E-state index contributed by atoms with van der Waals surface area (Å²) in [6.45, 7) is 0. The predicted octanol–water partition coefficient (Wildman–Crippen LogP) is 3.30. The van der Waals surface area contributed by atoms with E-state index < -0.39 is 11.9 Å². The molecule has 3 rings (SSSR count). The van der Waals surface area contributed by atoms with Gasteiger partial charge >= 0.3 is 11.9 Å². The molecule has 3 N–H and O–H groups in total. The number of fused-ring (bicyclic) bond motifs is 1. The monoisotopic (exact) mass is 326 g/mol. The molecule has 0 aliphatic carbocycles. The summed E-state index contributed by atoms with van der Waals surface area (Å²) in [4.78, 5) is 20.8. The number of anilines is 1. The zero-order valence-electron chi connectivity index (χ0n) is 13.4. The predicted molar refractivity (Wildman–Crippen MR) is 92.8 cm³/mol. The minimum Gasteiger partial charge on any atom is -0.478 e. The molecule has 0 amide bonds. The van der Waals surface area contributed by atoms with Crippen LogP contribution in [-0.2, 0) is 7.05 Å². The zero-order valence-corrected chi connectivity index (χ0v) is 13.4. The number of nitrogens with zero attached hydrogens (tertiary/aromatic N) is 1. The van der Waals surface area contributed by atoms with E-state index in [9.17, 15) is 9.59 Å². The molecule has 0 bridgehead atoms. The second-order valence-electron chi connectivity index (χ2n) is 5.14. The highest BCUT2D eigenvalue weighted by atomic mass is 16.4. The standard InChI is InChI=1S/C10H12N2.C8H6O4/c1-11-9-3-4-10-8(7-9)5-6-12(10)2;9-7(10)5-2-1-3-6(4-5)8(11)12/h3-7,11H,1-2H3;1-4H,(H,9,10)(H,11,12). The summed E-state index contributed by atoms with van der Waals surface area (Å²) in [6, 6.07) is 13.7. The molecule has 6 nitrogen and oxygen atoms in total. The molecule has 1 aromatic heterocycles. The van der Waals surface area contributed by atoms with Crippen LogP contribution >= 0.6 is 0 Å². The van der Waals surface area contributed by atoms with Crippen LogP contribution in [0.2, 0.25) is 0 Å². The van der Waals surface area contributed by atoms with E-state index in [0.29, 0.717) is 0 Å². The largest absolute Gasteiger partial charge is 0.478 e. The third-order valence-electron chi connectivity index (χ3n) is 3.53. The molecular formula is C18H18N2O4. The number of hydrogen-bond acceptors (Lipinski definition) is 3. The van der Waals surface area contributed by atoms with E-state index in [1.54, 1.807) is 0 Å². The number of aryl methyl sites for hydroxylation is 1. The number of nitrogens with one attached hydrogen (secondary N) is 1. The lowest BCUT2D eigenvalue weighted by atomic mass is 10.1. The minimum atomic E-state index is -1.13. The van der Waals surface area contributed by atoms with Gasteiger partial charge in [-0.05, 0) is 42.5 Å². The molecule has 6 heteroatoms. The highest BCUT2D eigenvalue weighted by Gasteiger charge is 2.06. The lowest BCUT2D eigenvalue weighted by Crippen LogP contribution is -2.01. The summed E-state index contributed by atoms with van der Waals surface area (Å²) in [7, 11) is 3.99. The van der Waals surface area contributed by atoms with Crippen LogP contribution in [0.4, 0.5) is 5.69 Å². The SMILES string of the molecule is CNc1ccc2c(ccn2C)c1.O=C(O)c1cccc(C(=O)O)c1. The Morgan fingerprint density at radius 2 is 1.58 bits per heavy atom. The summed E-state index contributed by atoms with van der Waals surface area (Å²) in [5.74, 6) is -2.25. The summed E-state index contributed by atoms with van der Waals surface area (Å²) >= 11 is 0. The molecule has 0 radical (unpaired) electrons. The van der Waals surface area contributed by atoms with E-state index >= 15 is 0 Å². The van der Waals surface area contributed by atoms with Gasteiger partial charge in [-0.1, -0.05) is 6.07 Å². The topological polar surface area (TPSA) is 91.6 Å². The number of rotatable bonds is 3. The molecule has 0 fully saturated rings. The number of hydrogen-bond donors (Lipinski definition) is 3. The van der Waals surface area contributed by atoms with Crippen molar-refractivity contribution in [3.05, 3.63) is 65.9 Å². The molecule has 0 saturated carbocycles. The average Bonchev–Trinajstić information content (AvgIpc) is 2.96. The van der Waals surface area contributed by atoms with Crippen molar-refractivity contribution in [2.75, 3.05) is 12.4 Å². The number of carboxylic acid groups (broad SMARTS) is 2. The van der Waals surface area contributed by atoms with Crippen molar-refractivity contribution in [1.82, 2.24) is 4.57 Å². The Morgan fingerprint density at radius 1 is 0.958 bits per heavy atom. The maximum absolute atomic E-state index is 10.4.